The highest BCUT2D eigenvalue weighted by Gasteiger charge is 2.20. The van der Waals surface area contributed by atoms with Crippen molar-refractivity contribution in [2.24, 2.45) is 0 Å². The molecule has 0 radical (unpaired) electrons. The van der Waals surface area contributed by atoms with Crippen molar-refractivity contribution in [3.63, 3.8) is 0 Å². The molecule has 1 aliphatic heterocycles. The van der Waals surface area contributed by atoms with Crippen molar-refractivity contribution in [3.05, 3.63) is 29.3 Å². The number of hydrogen-bond donors (Lipinski definition) is 0. The van der Waals surface area contributed by atoms with E-state index in [9.17, 15) is 0 Å². The first kappa shape index (κ1) is 12.4. The summed E-state index contributed by atoms with van der Waals surface area (Å²) >= 11 is 0. The van der Waals surface area contributed by atoms with E-state index in [2.05, 4.69) is 32.0 Å². The van der Waals surface area contributed by atoms with Gasteiger partial charge in [0.05, 0.1) is 6.61 Å². The molecule has 1 aromatic rings. The number of rotatable bonds is 4. The number of benzene rings is 1. The minimum Gasteiger partial charge on any atom is -0.488 e. The second-order valence-electron chi connectivity index (χ2n) is 4.96. The Labute approximate surface area is 104 Å². The molecular formula is C15H22O2. The molecule has 1 heterocycles. The molecule has 1 atom stereocenters. The van der Waals surface area contributed by atoms with Gasteiger partial charge in [0, 0.05) is 6.61 Å². The molecule has 0 saturated carbocycles. The summed E-state index contributed by atoms with van der Waals surface area (Å²) in [4.78, 5) is 0. The van der Waals surface area contributed by atoms with Crippen molar-refractivity contribution in [3.8, 4) is 5.75 Å². The Morgan fingerprint density at radius 2 is 2.24 bits per heavy atom. The van der Waals surface area contributed by atoms with Crippen LogP contribution in [0.5, 0.6) is 5.75 Å². The number of hydrogen-bond acceptors (Lipinski definition) is 2. The molecule has 2 heteroatoms. The lowest BCUT2D eigenvalue weighted by Crippen LogP contribution is -2.27. The summed E-state index contributed by atoms with van der Waals surface area (Å²) in [5, 5.41) is 0. The molecule has 2 nitrogen and oxygen atoms in total. The maximum atomic E-state index is 6.00. The quantitative estimate of drug-likeness (QED) is 0.793. The molecule has 17 heavy (non-hydrogen) atoms. The van der Waals surface area contributed by atoms with Gasteiger partial charge in [0.25, 0.3) is 0 Å². The van der Waals surface area contributed by atoms with E-state index in [1.165, 1.54) is 11.1 Å². The Hall–Kier alpha value is -1.02. The lowest BCUT2D eigenvalue weighted by molar-refractivity contribution is 0.0457. The van der Waals surface area contributed by atoms with Crippen LogP contribution in [0, 0.1) is 0 Å². The molecule has 1 aliphatic rings. The van der Waals surface area contributed by atoms with Crippen molar-refractivity contribution in [1.82, 2.24) is 0 Å². The minimum atomic E-state index is 0.227. The van der Waals surface area contributed by atoms with Crippen molar-refractivity contribution in [2.75, 3.05) is 13.2 Å². The summed E-state index contributed by atoms with van der Waals surface area (Å²) in [7, 11) is 0. The standard InChI is InChI=1S/C15H22O2/c1-4-16-10-14-8-7-12-5-6-13(11(2)3)9-15(12)17-14/h5-6,9,11,14H,4,7-8,10H2,1-3H3. The van der Waals surface area contributed by atoms with Crippen LogP contribution in [-0.2, 0) is 11.2 Å². The van der Waals surface area contributed by atoms with Gasteiger partial charge in [0.2, 0.25) is 0 Å². The number of fused-ring (bicyclic) bond motifs is 1. The zero-order valence-electron chi connectivity index (χ0n) is 11.0. The first-order valence-corrected chi connectivity index (χ1v) is 6.58. The van der Waals surface area contributed by atoms with Crippen LogP contribution in [0.1, 0.15) is 44.2 Å². The summed E-state index contributed by atoms with van der Waals surface area (Å²) in [5.41, 5.74) is 2.68. The fourth-order valence-electron chi connectivity index (χ4n) is 2.17. The monoisotopic (exact) mass is 234 g/mol. The van der Waals surface area contributed by atoms with Gasteiger partial charge in [-0.05, 0) is 42.9 Å². The molecule has 94 valence electrons. The van der Waals surface area contributed by atoms with Gasteiger partial charge in [-0.25, -0.2) is 0 Å². The van der Waals surface area contributed by atoms with Gasteiger partial charge in [-0.3, -0.25) is 0 Å². The lowest BCUT2D eigenvalue weighted by Gasteiger charge is -2.26. The molecule has 0 saturated heterocycles. The molecule has 0 spiro atoms. The predicted octanol–water partition coefficient (Wildman–Crippen LogP) is 3.54. The maximum absolute atomic E-state index is 6.00. The summed E-state index contributed by atoms with van der Waals surface area (Å²) < 4.78 is 11.4. The fraction of sp³-hybridized carbons (Fsp3) is 0.600. The topological polar surface area (TPSA) is 18.5 Å². The van der Waals surface area contributed by atoms with E-state index in [1.807, 2.05) is 6.92 Å². The molecule has 0 fully saturated rings. The van der Waals surface area contributed by atoms with Gasteiger partial charge in [0.1, 0.15) is 11.9 Å². The van der Waals surface area contributed by atoms with Crippen LogP contribution in [0.15, 0.2) is 18.2 Å². The third-order valence-electron chi connectivity index (χ3n) is 3.30. The van der Waals surface area contributed by atoms with Crippen LogP contribution in [0.4, 0.5) is 0 Å². The highest BCUT2D eigenvalue weighted by atomic mass is 16.5. The summed E-state index contributed by atoms with van der Waals surface area (Å²) in [6, 6.07) is 6.62. The van der Waals surface area contributed by atoms with E-state index >= 15 is 0 Å². The van der Waals surface area contributed by atoms with Crippen molar-refractivity contribution < 1.29 is 9.47 Å². The highest BCUT2D eigenvalue weighted by molar-refractivity contribution is 5.40. The van der Waals surface area contributed by atoms with Crippen LogP contribution in [0.2, 0.25) is 0 Å². The molecule has 0 amide bonds. The van der Waals surface area contributed by atoms with Crippen LogP contribution in [0.25, 0.3) is 0 Å². The Kier molecular flexibility index (Phi) is 4.06. The molecular weight excluding hydrogens is 212 g/mol. The molecule has 0 bridgehead atoms. The van der Waals surface area contributed by atoms with Gasteiger partial charge in [-0.2, -0.15) is 0 Å². The normalized spacial score (nSPS) is 18.9. The first-order chi connectivity index (χ1) is 8.20. The zero-order valence-corrected chi connectivity index (χ0v) is 11.0. The van der Waals surface area contributed by atoms with Gasteiger partial charge in [-0.1, -0.05) is 26.0 Å². The smallest absolute Gasteiger partial charge is 0.123 e. The molecule has 0 N–H and O–H groups in total. The van der Waals surface area contributed by atoms with E-state index < -0.39 is 0 Å². The fourth-order valence-corrected chi connectivity index (χ4v) is 2.17. The Bertz CT molecular complexity index is 371. The average Bonchev–Trinajstić information content (AvgIpc) is 2.35. The summed E-state index contributed by atoms with van der Waals surface area (Å²) in [6.07, 6.45) is 2.39. The van der Waals surface area contributed by atoms with E-state index in [4.69, 9.17) is 9.47 Å². The molecule has 0 aromatic heterocycles. The van der Waals surface area contributed by atoms with Crippen LogP contribution >= 0.6 is 0 Å². The first-order valence-electron chi connectivity index (χ1n) is 6.58. The third-order valence-corrected chi connectivity index (χ3v) is 3.30. The van der Waals surface area contributed by atoms with Gasteiger partial charge in [0.15, 0.2) is 0 Å². The largest absolute Gasteiger partial charge is 0.488 e. The van der Waals surface area contributed by atoms with E-state index in [0.29, 0.717) is 12.5 Å². The summed E-state index contributed by atoms with van der Waals surface area (Å²) in [6.45, 7) is 7.92. The van der Waals surface area contributed by atoms with Gasteiger partial charge in [-0.15, -0.1) is 0 Å². The SMILES string of the molecule is CCOCC1CCc2ccc(C(C)C)cc2O1. The molecule has 0 aliphatic carbocycles. The zero-order chi connectivity index (χ0) is 12.3. The van der Waals surface area contributed by atoms with Gasteiger partial charge >= 0.3 is 0 Å². The van der Waals surface area contributed by atoms with E-state index in [0.717, 1.165) is 25.2 Å². The predicted molar refractivity (Wildman–Crippen MR) is 69.8 cm³/mol. The third kappa shape index (κ3) is 3.01. The average molecular weight is 234 g/mol. The second kappa shape index (κ2) is 5.54. The number of aryl methyl sites for hydroxylation is 1. The van der Waals surface area contributed by atoms with Crippen molar-refractivity contribution >= 4 is 0 Å². The van der Waals surface area contributed by atoms with Crippen LogP contribution in [-0.4, -0.2) is 19.3 Å². The number of ether oxygens (including phenoxy) is 2. The Balaban J connectivity index is 2.09. The van der Waals surface area contributed by atoms with Crippen molar-refractivity contribution in [2.45, 2.75) is 45.6 Å². The van der Waals surface area contributed by atoms with Crippen LogP contribution < -0.4 is 4.74 Å². The molecule has 2 rings (SSSR count). The maximum Gasteiger partial charge on any atom is 0.123 e. The Morgan fingerprint density at radius 1 is 1.41 bits per heavy atom. The molecule has 1 aromatic carbocycles. The minimum absolute atomic E-state index is 0.227. The van der Waals surface area contributed by atoms with E-state index in [-0.39, 0.29) is 6.10 Å². The second-order valence-corrected chi connectivity index (χ2v) is 4.96. The van der Waals surface area contributed by atoms with E-state index in [1.54, 1.807) is 0 Å². The lowest BCUT2D eigenvalue weighted by atomic mass is 9.96. The molecule has 1 unspecified atom stereocenters. The Morgan fingerprint density at radius 3 is 2.94 bits per heavy atom. The summed E-state index contributed by atoms with van der Waals surface area (Å²) in [5.74, 6) is 1.61. The van der Waals surface area contributed by atoms with Crippen molar-refractivity contribution in [1.29, 1.82) is 0 Å². The van der Waals surface area contributed by atoms with Crippen LogP contribution in [0.3, 0.4) is 0 Å². The highest BCUT2D eigenvalue weighted by Crippen LogP contribution is 2.30. The van der Waals surface area contributed by atoms with Gasteiger partial charge < -0.3 is 9.47 Å².